The quantitative estimate of drug-likeness (QED) is 0.698. The van der Waals surface area contributed by atoms with Gasteiger partial charge in [0.1, 0.15) is 5.54 Å². The van der Waals surface area contributed by atoms with Crippen molar-refractivity contribution < 1.29 is 14.4 Å². The van der Waals surface area contributed by atoms with Crippen LogP contribution in [-0.2, 0) is 16.1 Å². The molecule has 2 saturated heterocycles. The maximum Gasteiger partial charge on any atom is 0.325 e. The molecule has 2 aliphatic heterocycles. The monoisotopic (exact) mass is 455 g/mol. The normalized spacial score (nSPS) is 39.1. The molecule has 3 heterocycles. The number of nitrogens with one attached hydrogen (secondary N) is 1. The number of amides is 4. The van der Waals surface area contributed by atoms with E-state index in [-0.39, 0.29) is 23.3 Å². The summed E-state index contributed by atoms with van der Waals surface area (Å²) < 4.78 is 0. The molecule has 1 N–H and O–H groups in total. The third-order valence-corrected chi connectivity index (χ3v) is 10.0. The van der Waals surface area contributed by atoms with Gasteiger partial charge in [-0.3, -0.25) is 14.5 Å². The minimum atomic E-state index is -0.872. The highest BCUT2D eigenvalue weighted by Gasteiger charge is 2.57. The SMILES string of the molecule is C[C@]1(C2CCN(C(=O)C34CC5CC(CC(C5)C3)C4)CC2)NC(=O)N(Cc2ccsc2)C1=O. The lowest BCUT2D eigenvalue weighted by atomic mass is 9.49. The molecule has 4 saturated carbocycles. The summed E-state index contributed by atoms with van der Waals surface area (Å²) in [5, 5.41) is 6.94. The number of likely N-dealkylation sites (tertiary alicyclic amines) is 1. The van der Waals surface area contributed by atoms with E-state index in [1.165, 1.54) is 24.2 Å². The molecular weight excluding hydrogens is 422 g/mol. The van der Waals surface area contributed by atoms with Crippen molar-refractivity contribution in [3.8, 4) is 0 Å². The van der Waals surface area contributed by atoms with Gasteiger partial charge in [-0.15, -0.1) is 0 Å². The first kappa shape index (κ1) is 20.7. The van der Waals surface area contributed by atoms with E-state index in [2.05, 4.69) is 10.2 Å². The fourth-order valence-electron chi connectivity index (χ4n) is 8.07. The molecule has 0 radical (unpaired) electrons. The number of nitrogens with zero attached hydrogens (tertiary/aromatic N) is 2. The summed E-state index contributed by atoms with van der Waals surface area (Å²) in [4.78, 5) is 43.0. The summed E-state index contributed by atoms with van der Waals surface area (Å²) in [6, 6.07) is 1.66. The molecule has 7 heteroatoms. The first-order valence-electron chi connectivity index (χ1n) is 12.3. The summed E-state index contributed by atoms with van der Waals surface area (Å²) in [6.07, 6.45) is 8.87. The summed E-state index contributed by atoms with van der Waals surface area (Å²) in [5.74, 6) is 2.62. The van der Waals surface area contributed by atoms with E-state index >= 15 is 0 Å². The summed E-state index contributed by atoms with van der Waals surface area (Å²) in [6.45, 7) is 3.61. The Hall–Kier alpha value is -1.89. The van der Waals surface area contributed by atoms with Crippen LogP contribution in [0.4, 0.5) is 4.79 Å². The van der Waals surface area contributed by atoms with Crippen molar-refractivity contribution in [2.75, 3.05) is 13.1 Å². The van der Waals surface area contributed by atoms with Gasteiger partial charge in [-0.25, -0.2) is 4.79 Å². The molecule has 6 fully saturated rings. The maximum atomic E-state index is 13.7. The molecule has 1 aromatic heterocycles. The highest BCUT2D eigenvalue weighted by atomic mass is 32.1. The minimum Gasteiger partial charge on any atom is -0.342 e. The number of imide groups is 1. The third kappa shape index (κ3) is 3.14. The van der Waals surface area contributed by atoms with Gasteiger partial charge in [0.2, 0.25) is 5.91 Å². The third-order valence-electron chi connectivity index (χ3n) is 9.31. The van der Waals surface area contributed by atoms with Crippen molar-refractivity contribution in [3.63, 3.8) is 0 Å². The highest BCUT2D eigenvalue weighted by molar-refractivity contribution is 7.07. The second-order valence-corrected chi connectivity index (χ2v) is 12.2. The Morgan fingerprint density at radius 3 is 2.28 bits per heavy atom. The molecule has 32 heavy (non-hydrogen) atoms. The Morgan fingerprint density at radius 2 is 1.72 bits per heavy atom. The molecule has 6 nitrogen and oxygen atoms in total. The Kier molecular flexibility index (Phi) is 4.73. The largest absolute Gasteiger partial charge is 0.342 e. The van der Waals surface area contributed by atoms with Gasteiger partial charge < -0.3 is 10.2 Å². The van der Waals surface area contributed by atoms with Crippen LogP contribution in [0.2, 0.25) is 0 Å². The van der Waals surface area contributed by atoms with Gasteiger partial charge in [-0.05, 0) is 104 Å². The number of carbonyl (C=O) groups excluding carboxylic acids is 3. The first-order chi connectivity index (χ1) is 15.4. The van der Waals surface area contributed by atoms with E-state index < -0.39 is 5.54 Å². The smallest absolute Gasteiger partial charge is 0.325 e. The molecule has 0 aromatic carbocycles. The standard InChI is InChI=1S/C25H33N3O3S/c1-24(21(29)28(23(31)26-24)14-16-4-7-32-15-16)20-2-5-27(6-3-20)22(30)25-11-17-8-18(12-25)10-19(9-17)13-25/h4,7,15,17-20H,2-3,5-6,8-14H2,1H3,(H,26,31)/t17?,18?,19?,24-,25?/m1/s1. The maximum absolute atomic E-state index is 13.7. The molecule has 172 valence electrons. The molecular formula is C25H33N3O3S. The van der Waals surface area contributed by atoms with Gasteiger partial charge in [0.25, 0.3) is 5.91 Å². The summed E-state index contributed by atoms with van der Waals surface area (Å²) in [5.41, 5.74) is 0.0158. The fourth-order valence-corrected chi connectivity index (χ4v) is 8.73. The molecule has 4 bridgehead atoms. The molecule has 4 amide bonds. The van der Waals surface area contributed by atoms with E-state index in [1.54, 1.807) is 11.3 Å². The fraction of sp³-hybridized carbons (Fsp3) is 0.720. The summed E-state index contributed by atoms with van der Waals surface area (Å²) in [7, 11) is 0. The number of urea groups is 1. The number of piperidine rings is 1. The zero-order valence-electron chi connectivity index (χ0n) is 18.8. The molecule has 4 aliphatic carbocycles. The lowest BCUT2D eigenvalue weighted by Crippen LogP contribution is -2.58. The lowest BCUT2D eigenvalue weighted by molar-refractivity contribution is -0.159. The van der Waals surface area contributed by atoms with Gasteiger partial charge >= 0.3 is 6.03 Å². The average molecular weight is 456 g/mol. The molecule has 1 aromatic rings. The van der Waals surface area contributed by atoms with Crippen molar-refractivity contribution >= 4 is 29.2 Å². The Balaban J connectivity index is 1.12. The van der Waals surface area contributed by atoms with Crippen LogP contribution in [0.3, 0.4) is 0 Å². The zero-order chi connectivity index (χ0) is 22.1. The van der Waals surface area contributed by atoms with Gasteiger partial charge in [0.05, 0.1) is 12.0 Å². The van der Waals surface area contributed by atoms with Gasteiger partial charge in [0, 0.05) is 13.1 Å². The second-order valence-electron chi connectivity index (χ2n) is 11.4. The summed E-state index contributed by atoms with van der Waals surface area (Å²) >= 11 is 1.57. The van der Waals surface area contributed by atoms with Gasteiger partial charge in [-0.2, -0.15) is 11.3 Å². The van der Waals surface area contributed by atoms with Crippen molar-refractivity contribution in [3.05, 3.63) is 22.4 Å². The predicted octanol–water partition coefficient (Wildman–Crippen LogP) is 4.01. The van der Waals surface area contributed by atoms with E-state index in [1.807, 2.05) is 23.8 Å². The topological polar surface area (TPSA) is 69.7 Å². The molecule has 0 spiro atoms. The van der Waals surface area contributed by atoms with Crippen LogP contribution in [0.5, 0.6) is 0 Å². The predicted molar refractivity (Wildman–Crippen MR) is 122 cm³/mol. The van der Waals surface area contributed by atoms with Crippen LogP contribution >= 0.6 is 11.3 Å². The lowest BCUT2D eigenvalue weighted by Gasteiger charge is -2.57. The van der Waals surface area contributed by atoms with E-state index in [9.17, 15) is 14.4 Å². The average Bonchev–Trinajstić information content (AvgIpc) is 3.35. The van der Waals surface area contributed by atoms with Crippen LogP contribution in [0.15, 0.2) is 16.8 Å². The van der Waals surface area contributed by atoms with Crippen LogP contribution in [-0.4, -0.2) is 46.3 Å². The first-order valence-corrected chi connectivity index (χ1v) is 13.3. The number of thiophene rings is 1. The van der Waals surface area contributed by atoms with Crippen LogP contribution in [0.25, 0.3) is 0 Å². The number of hydrogen-bond acceptors (Lipinski definition) is 4. The number of carbonyl (C=O) groups is 3. The van der Waals surface area contributed by atoms with E-state index in [4.69, 9.17) is 0 Å². The van der Waals surface area contributed by atoms with Crippen LogP contribution < -0.4 is 5.32 Å². The molecule has 1 atom stereocenters. The molecule has 7 rings (SSSR count). The zero-order valence-corrected chi connectivity index (χ0v) is 19.7. The van der Waals surface area contributed by atoms with Crippen LogP contribution in [0.1, 0.15) is 63.9 Å². The number of rotatable bonds is 4. The van der Waals surface area contributed by atoms with E-state index in [0.29, 0.717) is 25.5 Å². The Labute approximate surface area is 193 Å². The van der Waals surface area contributed by atoms with Gasteiger partial charge in [-0.1, -0.05) is 0 Å². The van der Waals surface area contributed by atoms with Crippen molar-refractivity contribution in [2.24, 2.45) is 29.1 Å². The minimum absolute atomic E-state index is 0.0619. The number of hydrogen-bond donors (Lipinski definition) is 1. The van der Waals surface area contributed by atoms with Crippen molar-refractivity contribution in [1.82, 2.24) is 15.1 Å². The van der Waals surface area contributed by atoms with Gasteiger partial charge in [0.15, 0.2) is 0 Å². The van der Waals surface area contributed by atoms with Crippen LogP contribution in [0, 0.1) is 29.1 Å². The molecule has 0 unspecified atom stereocenters. The van der Waals surface area contributed by atoms with E-state index in [0.717, 1.165) is 55.4 Å². The highest BCUT2D eigenvalue weighted by Crippen LogP contribution is 2.60. The molecule has 6 aliphatic rings. The Bertz CT molecular complexity index is 901. The van der Waals surface area contributed by atoms with Crippen molar-refractivity contribution in [1.29, 1.82) is 0 Å². The van der Waals surface area contributed by atoms with Crippen molar-refractivity contribution in [2.45, 2.75) is 70.4 Å². The second kappa shape index (κ2) is 7.31. The Morgan fingerprint density at radius 1 is 1.09 bits per heavy atom.